The van der Waals surface area contributed by atoms with Crippen LogP contribution in [0.3, 0.4) is 0 Å². The van der Waals surface area contributed by atoms with Gasteiger partial charge in [-0.2, -0.15) is 4.58 Å². The highest BCUT2D eigenvalue weighted by Gasteiger charge is 2.20. The van der Waals surface area contributed by atoms with Crippen LogP contribution in [0.5, 0.6) is 0 Å². The van der Waals surface area contributed by atoms with Crippen molar-refractivity contribution in [2.24, 2.45) is 0 Å². The molecule has 0 unspecified atom stereocenters. The van der Waals surface area contributed by atoms with Crippen molar-refractivity contribution in [1.82, 2.24) is 20.2 Å². The van der Waals surface area contributed by atoms with E-state index in [-0.39, 0.29) is 0 Å². The molecule has 40 heavy (non-hydrogen) atoms. The van der Waals surface area contributed by atoms with Crippen molar-refractivity contribution in [3.05, 3.63) is 106 Å². The van der Waals surface area contributed by atoms with Gasteiger partial charge in [0.2, 0.25) is 10.8 Å². The lowest BCUT2D eigenvalue weighted by Crippen LogP contribution is -2.15. The molecule has 1 aliphatic carbocycles. The summed E-state index contributed by atoms with van der Waals surface area (Å²) in [5, 5.41) is 13.3. The summed E-state index contributed by atoms with van der Waals surface area (Å²) in [7, 11) is 4.26. The Bertz CT molecular complexity index is 1500. The molecule has 0 atom stereocenters. The molecule has 0 spiro atoms. The van der Waals surface area contributed by atoms with E-state index >= 15 is 0 Å². The van der Waals surface area contributed by atoms with Gasteiger partial charge in [-0.05, 0) is 98.0 Å². The Morgan fingerprint density at radius 1 is 1.05 bits per heavy atom. The summed E-state index contributed by atoms with van der Waals surface area (Å²) in [4.78, 5) is 3.50. The van der Waals surface area contributed by atoms with Crippen LogP contribution in [0, 0.1) is 13.8 Å². The van der Waals surface area contributed by atoms with Crippen LogP contribution < -0.4 is 4.90 Å². The Labute approximate surface area is 243 Å². The highest BCUT2D eigenvalue weighted by molar-refractivity contribution is 8.03. The van der Waals surface area contributed by atoms with Gasteiger partial charge in [-0.3, -0.25) is 0 Å². The third kappa shape index (κ3) is 6.89. The van der Waals surface area contributed by atoms with Crippen LogP contribution >= 0.6 is 11.8 Å². The van der Waals surface area contributed by atoms with Crippen molar-refractivity contribution in [2.45, 2.75) is 65.6 Å². The van der Waals surface area contributed by atoms with Crippen LogP contribution in [0.1, 0.15) is 51.2 Å². The Morgan fingerprint density at radius 2 is 1.77 bits per heavy atom. The van der Waals surface area contributed by atoms with Crippen LogP contribution in [-0.2, 0) is 6.54 Å². The molecule has 0 radical (unpaired) electrons. The van der Waals surface area contributed by atoms with E-state index in [9.17, 15) is 0 Å². The first-order valence-corrected chi connectivity index (χ1v) is 14.8. The molecule has 3 aromatic rings. The Morgan fingerprint density at radius 3 is 2.50 bits per heavy atom. The molecule has 0 N–H and O–H groups in total. The van der Waals surface area contributed by atoms with Gasteiger partial charge in [0.25, 0.3) is 0 Å². The number of allylic oxidation sites excluding steroid dienone is 7. The van der Waals surface area contributed by atoms with Crippen LogP contribution in [0.2, 0.25) is 0 Å². The maximum Gasteiger partial charge on any atom is 0.214 e. The largest absolute Gasteiger partial charge is 0.348 e. The van der Waals surface area contributed by atoms with Crippen molar-refractivity contribution in [2.75, 3.05) is 19.0 Å². The number of rotatable bonds is 9. The lowest BCUT2D eigenvalue weighted by Gasteiger charge is -2.23. The van der Waals surface area contributed by atoms with E-state index in [1.54, 1.807) is 11.8 Å². The topological polar surface area (TPSA) is 49.9 Å². The van der Waals surface area contributed by atoms with Crippen LogP contribution in [-0.4, -0.2) is 44.6 Å². The highest BCUT2D eigenvalue weighted by Crippen LogP contribution is 2.41. The van der Waals surface area contributed by atoms with Crippen LogP contribution in [0.25, 0.3) is 0 Å². The molecule has 1 aliphatic rings. The summed E-state index contributed by atoms with van der Waals surface area (Å²) >= 11 is 1.68. The number of hydrogen-bond donors (Lipinski definition) is 0. The Balaban J connectivity index is 1.72. The monoisotopic (exact) mass is 553 g/mol. The van der Waals surface area contributed by atoms with E-state index in [4.69, 9.17) is 0 Å². The highest BCUT2D eigenvalue weighted by atomic mass is 32.2. The summed E-state index contributed by atoms with van der Waals surface area (Å²) < 4.78 is 4.12. The van der Waals surface area contributed by atoms with Crippen molar-refractivity contribution in [3.63, 3.8) is 0 Å². The molecule has 7 heteroatoms. The van der Waals surface area contributed by atoms with Crippen molar-refractivity contribution in [3.8, 4) is 0 Å². The zero-order chi connectivity index (χ0) is 28.6. The van der Waals surface area contributed by atoms with E-state index in [2.05, 4.69) is 147 Å². The van der Waals surface area contributed by atoms with Gasteiger partial charge in [0, 0.05) is 54.5 Å². The molecule has 1 heterocycles. The fourth-order valence-corrected chi connectivity index (χ4v) is 5.97. The number of thioether (sulfide) groups is 1. The van der Waals surface area contributed by atoms with E-state index < -0.39 is 0 Å². The first-order valence-electron chi connectivity index (χ1n) is 14.0. The fraction of sp³-hybridized carbons (Fsp3) is 0.333. The molecule has 1 aromatic heterocycles. The number of aryl methyl sites for hydroxylation is 3. The van der Waals surface area contributed by atoms with Gasteiger partial charge in [-0.1, -0.05) is 48.6 Å². The van der Waals surface area contributed by atoms with Gasteiger partial charge >= 0.3 is 0 Å². The van der Waals surface area contributed by atoms with Gasteiger partial charge in [-0.25, -0.2) is 4.68 Å². The number of tetrazole rings is 1. The number of anilines is 1. The van der Waals surface area contributed by atoms with Gasteiger partial charge < -0.3 is 4.90 Å². The molecule has 6 nitrogen and oxygen atoms in total. The minimum atomic E-state index is 0.737. The molecular formula is C33H41N6S+. The average molecular weight is 554 g/mol. The Hall–Kier alpha value is -3.71. The second-order valence-corrected chi connectivity index (χ2v) is 11.2. The van der Waals surface area contributed by atoms with Gasteiger partial charge in [-0.15, -0.1) is 5.10 Å². The molecule has 0 aliphatic heterocycles. The minimum absolute atomic E-state index is 0.737. The molecule has 0 bridgehead atoms. The maximum atomic E-state index is 4.34. The Kier molecular flexibility index (Phi) is 9.93. The summed E-state index contributed by atoms with van der Waals surface area (Å²) in [6, 6.07) is 17.0. The first kappa shape index (κ1) is 29.3. The zero-order valence-corrected chi connectivity index (χ0v) is 25.7. The third-order valence-electron chi connectivity index (χ3n) is 7.53. The van der Waals surface area contributed by atoms with Crippen molar-refractivity contribution >= 4 is 28.8 Å². The normalized spacial score (nSPS) is 16.2. The summed E-state index contributed by atoms with van der Waals surface area (Å²) in [5.74, 6) is 0. The quantitative estimate of drug-likeness (QED) is 0.200. The zero-order valence-electron chi connectivity index (χ0n) is 24.8. The molecular weight excluding hydrogens is 512 g/mol. The predicted octanol–water partition coefficient (Wildman–Crippen LogP) is 7.80. The molecule has 0 amide bonds. The number of hydrogen-bond acceptors (Lipinski definition) is 5. The second kappa shape index (κ2) is 13.6. The van der Waals surface area contributed by atoms with E-state index in [0.717, 1.165) is 31.0 Å². The summed E-state index contributed by atoms with van der Waals surface area (Å²) in [6.07, 6.45) is 12.2. The third-order valence-corrected chi connectivity index (χ3v) is 8.73. The van der Waals surface area contributed by atoms with E-state index in [1.165, 1.54) is 50.0 Å². The lowest BCUT2D eigenvalue weighted by molar-refractivity contribution is -0.405. The van der Waals surface area contributed by atoms with Crippen LogP contribution in [0.15, 0.2) is 99.7 Å². The number of para-hydroxylation sites is 2. The molecule has 0 saturated carbocycles. The number of nitrogens with zero attached hydrogens (tertiary/aromatic N) is 6. The molecule has 208 valence electrons. The molecule has 2 aromatic carbocycles. The van der Waals surface area contributed by atoms with E-state index in [1.807, 2.05) is 4.68 Å². The predicted molar refractivity (Wildman–Crippen MR) is 168 cm³/mol. The van der Waals surface area contributed by atoms with Crippen LogP contribution in [0.4, 0.5) is 11.4 Å². The standard InChI is InChI=1S/C33H41N6S/c1-8-39-33(34-35-36-39)40-32-28(22-20-26(4)37(6)30-18-11-9-14-24(30)2)16-13-17-29(32)23-21-27(5)38(7)31-19-12-10-15-25(31)3/h9-12,14-15,18-23H,8,13,16-17H2,1-7H3/q+1. The second-order valence-electron chi connectivity index (χ2n) is 10.3. The van der Waals surface area contributed by atoms with Gasteiger partial charge in [0.05, 0.1) is 0 Å². The van der Waals surface area contributed by atoms with Gasteiger partial charge in [0.15, 0.2) is 5.71 Å². The first-order chi connectivity index (χ1) is 19.3. The lowest BCUT2D eigenvalue weighted by atomic mass is 9.94. The van der Waals surface area contributed by atoms with Gasteiger partial charge in [0.1, 0.15) is 7.05 Å². The number of aromatic nitrogens is 4. The van der Waals surface area contributed by atoms with E-state index in [0.29, 0.717) is 0 Å². The maximum absolute atomic E-state index is 4.34. The average Bonchev–Trinajstić information content (AvgIpc) is 3.42. The SMILES string of the molecule is CCn1nnnc1SC1=C(/C=C/C(C)=[N+](\C)c2ccccc2C)CCC/C1=C\C=C(/C)N(C)c1ccccc1C. The van der Waals surface area contributed by atoms with Crippen molar-refractivity contribution < 1.29 is 4.58 Å². The summed E-state index contributed by atoms with van der Waals surface area (Å²) in [5.41, 5.74) is 10.00. The van der Waals surface area contributed by atoms with Crippen molar-refractivity contribution in [1.29, 1.82) is 0 Å². The molecule has 0 fully saturated rings. The summed E-state index contributed by atoms with van der Waals surface area (Å²) in [6.45, 7) is 11.5. The molecule has 0 saturated heterocycles. The fourth-order valence-electron chi connectivity index (χ4n) is 4.84. The molecule has 4 rings (SSSR count). The smallest absolute Gasteiger partial charge is 0.214 e. The number of benzene rings is 2. The minimum Gasteiger partial charge on any atom is -0.348 e.